The number of aliphatic hydroxyl groups excluding tert-OH is 1. The van der Waals surface area contributed by atoms with Crippen LogP contribution in [0.1, 0.15) is 18.1 Å². The van der Waals surface area contributed by atoms with E-state index < -0.39 is 0 Å². The summed E-state index contributed by atoms with van der Waals surface area (Å²) in [6.45, 7) is 2.71. The minimum atomic E-state index is -0.0951. The first-order chi connectivity index (χ1) is 10.3. The molecule has 0 unspecified atom stereocenters. The van der Waals surface area contributed by atoms with E-state index in [-0.39, 0.29) is 6.61 Å². The topological polar surface area (TPSA) is 47.9 Å². The first-order valence-electron chi connectivity index (χ1n) is 6.90. The maximum Gasteiger partial charge on any atom is 0.167 e. The van der Waals surface area contributed by atoms with Crippen LogP contribution in [-0.4, -0.2) is 18.8 Å². The molecule has 0 bridgehead atoms. The number of ether oxygens (including phenoxy) is 3. The van der Waals surface area contributed by atoms with Gasteiger partial charge in [-0.2, -0.15) is 0 Å². The van der Waals surface area contributed by atoms with Crippen LogP contribution in [-0.2, 0) is 13.2 Å². The van der Waals surface area contributed by atoms with Crippen molar-refractivity contribution >= 4 is 0 Å². The SMILES string of the molecule is CCOc1cccc(CO)c1OCc1ccccc1OC. The molecular formula is C17H20O4. The molecule has 0 amide bonds. The predicted molar refractivity (Wildman–Crippen MR) is 80.9 cm³/mol. The van der Waals surface area contributed by atoms with Gasteiger partial charge >= 0.3 is 0 Å². The van der Waals surface area contributed by atoms with Gasteiger partial charge in [0.25, 0.3) is 0 Å². The van der Waals surface area contributed by atoms with Crippen LogP contribution in [0, 0.1) is 0 Å². The van der Waals surface area contributed by atoms with Gasteiger partial charge in [0, 0.05) is 11.1 Å². The van der Waals surface area contributed by atoms with E-state index in [1.165, 1.54) is 0 Å². The summed E-state index contributed by atoms with van der Waals surface area (Å²) in [5.74, 6) is 1.99. The van der Waals surface area contributed by atoms with Crippen LogP contribution in [0.25, 0.3) is 0 Å². The molecule has 2 aromatic carbocycles. The molecule has 1 N–H and O–H groups in total. The normalized spacial score (nSPS) is 10.2. The summed E-state index contributed by atoms with van der Waals surface area (Å²) < 4.78 is 16.7. The highest BCUT2D eigenvalue weighted by atomic mass is 16.5. The second kappa shape index (κ2) is 7.55. The lowest BCUT2D eigenvalue weighted by Gasteiger charge is -2.16. The number of benzene rings is 2. The van der Waals surface area contributed by atoms with Crippen LogP contribution in [0.4, 0.5) is 0 Å². The zero-order valence-corrected chi connectivity index (χ0v) is 12.3. The van der Waals surface area contributed by atoms with E-state index in [1.807, 2.05) is 49.4 Å². The highest BCUT2D eigenvalue weighted by Crippen LogP contribution is 2.32. The maximum atomic E-state index is 9.45. The van der Waals surface area contributed by atoms with Gasteiger partial charge in [-0.05, 0) is 19.1 Å². The van der Waals surface area contributed by atoms with Gasteiger partial charge in [0.15, 0.2) is 11.5 Å². The number of methoxy groups -OCH3 is 1. The molecule has 4 heteroatoms. The summed E-state index contributed by atoms with van der Waals surface area (Å²) in [5.41, 5.74) is 1.64. The van der Waals surface area contributed by atoms with Gasteiger partial charge in [0.2, 0.25) is 0 Å². The van der Waals surface area contributed by atoms with Crippen molar-refractivity contribution in [1.29, 1.82) is 0 Å². The second-order valence-electron chi connectivity index (χ2n) is 4.44. The standard InChI is InChI=1S/C17H20O4/c1-3-20-16-10-6-8-13(11-18)17(16)21-12-14-7-4-5-9-15(14)19-2/h4-10,18H,3,11-12H2,1-2H3. The number of rotatable bonds is 7. The van der Waals surface area contributed by atoms with Crippen molar-refractivity contribution in [1.82, 2.24) is 0 Å². The van der Waals surface area contributed by atoms with Crippen molar-refractivity contribution in [2.75, 3.05) is 13.7 Å². The molecule has 2 rings (SSSR count). The molecule has 21 heavy (non-hydrogen) atoms. The third-order valence-electron chi connectivity index (χ3n) is 3.10. The minimum absolute atomic E-state index is 0.0951. The Morgan fingerprint density at radius 1 is 0.905 bits per heavy atom. The van der Waals surface area contributed by atoms with Gasteiger partial charge in [-0.1, -0.05) is 30.3 Å². The average Bonchev–Trinajstić information content (AvgIpc) is 2.54. The first-order valence-corrected chi connectivity index (χ1v) is 6.90. The molecule has 0 radical (unpaired) electrons. The fourth-order valence-electron chi connectivity index (χ4n) is 2.09. The van der Waals surface area contributed by atoms with E-state index in [0.29, 0.717) is 30.3 Å². The molecule has 2 aromatic rings. The molecule has 0 aromatic heterocycles. The van der Waals surface area contributed by atoms with E-state index in [1.54, 1.807) is 7.11 Å². The summed E-state index contributed by atoms with van der Waals surface area (Å²) >= 11 is 0. The summed E-state index contributed by atoms with van der Waals surface area (Å²) in [6.07, 6.45) is 0. The van der Waals surface area contributed by atoms with E-state index in [2.05, 4.69) is 0 Å². The Morgan fingerprint density at radius 2 is 1.62 bits per heavy atom. The summed E-state index contributed by atoms with van der Waals surface area (Å²) in [4.78, 5) is 0. The van der Waals surface area contributed by atoms with Gasteiger partial charge in [-0.25, -0.2) is 0 Å². The molecule has 112 valence electrons. The van der Waals surface area contributed by atoms with E-state index >= 15 is 0 Å². The number of para-hydroxylation sites is 2. The van der Waals surface area contributed by atoms with Crippen molar-refractivity contribution in [2.45, 2.75) is 20.1 Å². The largest absolute Gasteiger partial charge is 0.496 e. The van der Waals surface area contributed by atoms with Gasteiger partial charge < -0.3 is 19.3 Å². The fourth-order valence-corrected chi connectivity index (χ4v) is 2.09. The van der Waals surface area contributed by atoms with Crippen molar-refractivity contribution < 1.29 is 19.3 Å². The Morgan fingerprint density at radius 3 is 2.33 bits per heavy atom. The average molecular weight is 288 g/mol. The first kappa shape index (κ1) is 15.2. The van der Waals surface area contributed by atoms with Crippen LogP contribution in [0.15, 0.2) is 42.5 Å². The van der Waals surface area contributed by atoms with E-state index in [9.17, 15) is 5.11 Å². The lowest BCUT2D eigenvalue weighted by atomic mass is 10.2. The number of hydrogen-bond acceptors (Lipinski definition) is 4. The van der Waals surface area contributed by atoms with Gasteiger partial charge in [0.05, 0.1) is 20.3 Å². The van der Waals surface area contributed by atoms with Crippen molar-refractivity contribution in [3.63, 3.8) is 0 Å². The monoisotopic (exact) mass is 288 g/mol. The Balaban J connectivity index is 2.22. The Kier molecular flexibility index (Phi) is 5.46. The Bertz CT molecular complexity index is 581. The third-order valence-corrected chi connectivity index (χ3v) is 3.10. The zero-order valence-electron chi connectivity index (χ0n) is 12.3. The Labute approximate surface area is 124 Å². The molecule has 0 aliphatic carbocycles. The molecule has 0 spiro atoms. The van der Waals surface area contributed by atoms with Gasteiger partial charge in [0.1, 0.15) is 12.4 Å². The van der Waals surface area contributed by atoms with Gasteiger partial charge in [-0.3, -0.25) is 0 Å². The quantitative estimate of drug-likeness (QED) is 0.850. The smallest absolute Gasteiger partial charge is 0.167 e. The predicted octanol–water partition coefficient (Wildman–Crippen LogP) is 3.17. The lowest BCUT2D eigenvalue weighted by Crippen LogP contribution is -2.03. The highest BCUT2D eigenvalue weighted by molar-refractivity contribution is 5.46. The maximum absolute atomic E-state index is 9.45. The van der Waals surface area contributed by atoms with Crippen LogP contribution in [0.5, 0.6) is 17.2 Å². The minimum Gasteiger partial charge on any atom is -0.496 e. The molecular weight excluding hydrogens is 268 g/mol. The summed E-state index contributed by atoms with van der Waals surface area (Å²) in [5, 5.41) is 9.45. The molecule has 0 heterocycles. The summed E-state index contributed by atoms with van der Waals surface area (Å²) in [6, 6.07) is 13.2. The molecule has 0 fully saturated rings. The lowest BCUT2D eigenvalue weighted by molar-refractivity contribution is 0.241. The van der Waals surface area contributed by atoms with E-state index in [4.69, 9.17) is 14.2 Å². The fraction of sp³-hybridized carbons (Fsp3) is 0.294. The van der Waals surface area contributed by atoms with Crippen LogP contribution in [0.3, 0.4) is 0 Å². The van der Waals surface area contributed by atoms with E-state index in [0.717, 1.165) is 11.3 Å². The Hall–Kier alpha value is -2.20. The van der Waals surface area contributed by atoms with Crippen molar-refractivity contribution in [3.8, 4) is 17.2 Å². The van der Waals surface area contributed by atoms with Crippen molar-refractivity contribution in [2.24, 2.45) is 0 Å². The number of aliphatic hydroxyl groups is 1. The molecule has 0 saturated carbocycles. The zero-order chi connectivity index (χ0) is 15.1. The second-order valence-corrected chi connectivity index (χ2v) is 4.44. The van der Waals surface area contributed by atoms with Gasteiger partial charge in [-0.15, -0.1) is 0 Å². The molecule has 0 aliphatic rings. The highest BCUT2D eigenvalue weighted by Gasteiger charge is 2.12. The number of hydrogen-bond donors (Lipinski definition) is 1. The molecule has 0 saturated heterocycles. The van der Waals surface area contributed by atoms with Crippen molar-refractivity contribution in [3.05, 3.63) is 53.6 Å². The van der Waals surface area contributed by atoms with Crippen LogP contribution >= 0.6 is 0 Å². The molecule has 0 atom stereocenters. The molecule has 0 aliphatic heterocycles. The summed E-state index contributed by atoms with van der Waals surface area (Å²) in [7, 11) is 1.63. The third kappa shape index (κ3) is 3.67. The van der Waals surface area contributed by atoms with Crippen LogP contribution < -0.4 is 14.2 Å². The molecule has 4 nitrogen and oxygen atoms in total. The van der Waals surface area contributed by atoms with Crippen LogP contribution in [0.2, 0.25) is 0 Å².